The van der Waals surface area contributed by atoms with Gasteiger partial charge in [-0.25, -0.2) is 9.78 Å². The zero-order chi connectivity index (χ0) is 12.5. The summed E-state index contributed by atoms with van der Waals surface area (Å²) in [6.45, 7) is 0.496. The molecule has 3 aromatic rings. The van der Waals surface area contributed by atoms with Crippen LogP contribution < -0.4 is 5.63 Å². The summed E-state index contributed by atoms with van der Waals surface area (Å²) in [4.78, 5) is 15.9. The molecule has 0 unspecified atom stereocenters. The Kier molecular flexibility index (Phi) is 2.60. The zero-order valence-corrected chi connectivity index (χ0v) is 9.80. The van der Waals surface area contributed by atoms with Crippen molar-refractivity contribution >= 4 is 22.1 Å². The third kappa shape index (κ3) is 1.69. The molecule has 5 nitrogen and oxygen atoms in total. The lowest BCUT2D eigenvalue weighted by Crippen LogP contribution is -2.00. The molecule has 2 heterocycles. The summed E-state index contributed by atoms with van der Waals surface area (Å²) in [5.74, 6) is 0.482. The molecule has 0 radical (unpaired) electrons. The minimum atomic E-state index is -0.476. The summed E-state index contributed by atoms with van der Waals surface area (Å²) < 4.78 is 15.8. The van der Waals surface area contributed by atoms with Crippen molar-refractivity contribution < 1.29 is 13.6 Å². The van der Waals surface area contributed by atoms with Crippen LogP contribution in [0.2, 0.25) is 0 Å². The molecular formula is C13H11NO4. The number of benzene rings is 1. The first-order valence-electron chi connectivity index (χ1n) is 5.60. The summed E-state index contributed by atoms with van der Waals surface area (Å²) >= 11 is 0. The minimum absolute atomic E-state index is 0.236. The Morgan fingerprint density at radius 1 is 1.28 bits per heavy atom. The van der Waals surface area contributed by atoms with Gasteiger partial charge in [-0.3, -0.25) is 0 Å². The van der Waals surface area contributed by atoms with Crippen molar-refractivity contribution in [2.24, 2.45) is 0 Å². The van der Waals surface area contributed by atoms with Crippen LogP contribution in [0.3, 0.4) is 0 Å². The molecule has 0 atom stereocenters. The van der Waals surface area contributed by atoms with E-state index >= 15 is 0 Å². The van der Waals surface area contributed by atoms with Crippen LogP contribution in [0.1, 0.15) is 5.89 Å². The second kappa shape index (κ2) is 4.27. The SMILES string of the molecule is COCCc1nc2c(=O)oc3ccccc3c2o1. The number of hydrogen-bond acceptors (Lipinski definition) is 5. The van der Waals surface area contributed by atoms with Gasteiger partial charge in [-0.1, -0.05) is 12.1 Å². The predicted molar refractivity (Wildman–Crippen MR) is 65.6 cm³/mol. The Hall–Kier alpha value is -2.14. The van der Waals surface area contributed by atoms with Gasteiger partial charge >= 0.3 is 5.63 Å². The summed E-state index contributed by atoms with van der Waals surface area (Å²) in [5.41, 5.74) is 0.744. The Balaban J connectivity index is 2.27. The predicted octanol–water partition coefficient (Wildman–Crippen LogP) is 2.12. The second-order valence-electron chi connectivity index (χ2n) is 3.91. The number of para-hydroxylation sites is 1. The Bertz CT molecular complexity index is 756. The van der Waals surface area contributed by atoms with Crippen LogP contribution in [0.25, 0.3) is 22.1 Å². The summed E-state index contributed by atoms with van der Waals surface area (Å²) in [6, 6.07) is 7.23. The fourth-order valence-corrected chi connectivity index (χ4v) is 1.87. The maximum absolute atomic E-state index is 11.8. The number of aromatic nitrogens is 1. The third-order valence-corrected chi connectivity index (χ3v) is 2.72. The lowest BCUT2D eigenvalue weighted by molar-refractivity contribution is 0.196. The van der Waals surface area contributed by atoms with E-state index in [1.54, 1.807) is 19.2 Å². The van der Waals surface area contributed by atoms with Gasteiger partial charge in [-0.2, -0.15) is 0 Å². The topological polar surface area (TPSA) is 65.5 Å². The first-order chi connectivity index (χ1) is 8.79. The van der Waals surface area contributed by atoms with Crippen LogP contribution in [0, 0.1) is 0 Å². The molecular weight excluding hydrogens is 234 g/mol. The van der Waals surface area contributed by atoms with E-state index in [2.05, 4.69) is 4.98 Å². The van der Waals surface area contributed by atoms with Gasteiger partial charge in [0, 0.05) is 13.5 Å². The van der Waals surface area contributed by atoms with Crippen molar-refractivity contribution in [3.05, 3.63) is 40.6 Å². The van der Waals surface area contributed by atoms with Gasteiger partial charge in [0.2, 0.25) is 0 Å². The van der Waals surface area contributed by atoms with Gasteiger partial charge < -0.3 is 13.6 Å². The van der Waals surface area contributed by atoms with E-state index in [1.807, 2.05) is 12.1 Å². The van der Waals surface area contributed by atoms with E-state index in [0.717, 1.165) is 5.39 Å². The van der Waals surface area contributed by atoms with Gasteiger partial charge in [-0.05, 0) is 12.1 Å². The van der Waals surface area contributed by atoms with Crippen molar-refractivity contribution in [2.75, 3.05) is 13.7 Å². The molecule has 0 spiro atoms. The standard InChI is InChI=1S/C13H11NO4/c1-16-7-6-10-14-11-12(18-10)8-4-2-3-5-9(8)17-13(11)15/h2-5H,6-7H2,1H3. The van der Waals surface area contributed by atoms with Crippen molar-refractivity contribution in [3.8, 4) is 0 Å². The molecule has 1 aromatic carbocycles. The number of fused-ring (bicyclic) bond motifs is 3. The van der Waals surface area contributed by atoms with E-state index in [1.165, 1.54) is 0 Å². The molecule has 0 amide bonds. The Morgan fingerprint density at radius 3 is 2.94 bits per heavy atom. The first kappa shape index (κ1) is 11.0. The van der Waals surface area contributed by atoms with E-state index < -0.39 is 5.63 Å². The summed E-state index contributed by atoms with van der Waals surface area (Å²) in [6.07, 6.45) is 0.527. The van der Waals surface area contributed by atoms with Gasteiger partial charge in [-0.15, -0.1) is 0 Å². The minimum Gasteiger partial charge on any atom is -0.440 e. The lowest BCUT2D eigenvalue weighted by Gasteiger charge is -1.94. The fourth-order valence-electron chi connectivity index (χ4n) is 1.87. The van der Waals surface area contributed by atoms with Gasteiger partial charge in [0.1, 0.15) is 5.58 Å². The van der Waals surface area contributed by atoms with E-state index in [9.17, 15) is 4.79 Å². The number of nitrogens with zero attached hydrogens (tertiary/aromatic N) is 1. The number of hydrogen-bond donors (Lipinski definition) is 0. The molecule has 0 aliphatic heterocycles. The molecule has 0 saturated heterocycles. The van der Waals surface area contributed by atoms with Crippen LogP contribution >= 0.6 is 0 Å². The maximum atomic E-state index is 11.8. The quantitative estimate of drug-likeness (QED) is 0.661. The van der Waals surface area contributed by atoms with Gasteiger partial charge in [0.15, 0.2) is 17.0 Å². The average Bonchev–Trinajstić information content (AvgIpc) is 2.81. The summed E-state index contributed by atoms with van der Waals surface area (Å²) in [5, 5.41) is 0.753. The van der Waals surface area contributed by atoms with E-state index in [4.69, 9.17) is 13.6 Å². The van der Waals surface area contributed by atoms with Crippen molar-refractivity contribution in [3.63, 3.8) is 0 Å². The molecule has 92 valence electrons. The van der Waals surface area contributed by atoms with Crippen LogP contribution in [0.15, 0.2) is 37.9 Å². The highest BCUT2D eigenvalue weighted by Crippen LogP contribution is 2.23. The van der Waals surface area contributed by atoms with E-state index in [-0.39, 0.29) is 5.52 Å². The van der Waals surface area contributed by atoms with Crippen LogP contribution in [0.5, 0.6) is 0 Å². The smallest absolute Gasteiger partial charge is 0.366 e. The Morgan fingerprint density at radius 2 is 2.11 bits per heavy atom. The second-order valence-corrected chi connectivity index (χ2v) is 3.91. The fraction of sp³-hybridized carbons (Fsp3) is 0.231. The third-order valence-electron chi connectivity index (χ3n) is 2.72. The average molecular weight is 245 g/mol. The van der Waals surface area contributed by atoms with Crippen molar-refractivity contribution in [1.29, 1.82) is 0 Å². The van der Waals surface area contributed by atoms with E-state index in [0.29, 0.717) is 30.1 Å². The lowest BCUT2D eigenvalue weighted by atomic mass is 10.2. The van der Waals surface area contributed by atoms with Gasteiger partial charge in [0.05, 0.1) is 12.0 Å². The first-order valence-corrected chi connectivity index (χ1v) is 5.60. The van der Waals surface area contributed by atoms with Crippen molar-refractivity contribution in [2.45, 2.75) is 6.42 Å². The molecule has 0 saturated carbocycles. The van der Waals surface area contributed by atoms with Crippen molar-refractivity contribution in [1.82, 2.24) is 4.98 Å². The molecule has 0 aliphatic rings. The molecule has 0 N–H and O–H groups in total. The molecule has 0 bridgehead atoms. The largest absolute Gasteiger partial charge is 0.440 e. The monoisotopic (exact) mass is 245 g/mol. The molecule has 3 rings (SSSR count). The summed E-state index contributed by atoms with van der Waals surface area (Å²) in [7, 11) is 1.60. The number of oxazole rings is 1. The van der Waals surface area contributed by atoms with Gasteiger partial charge in [0.25, 0.3) is 0 Å². The Labute approximate surface area is 102 Å². The highest BCUT2D eigenvalue weighted by Gasteiger charge is 2.14. The zero-order valence-electron chi connectivity index (χ0n) is 9.80. The molecule has 18 heavy (non-hydrogen) atoms. The van der Waals surface area contributed by atoms with Crippen LogP contribution in [-0.4, -0.2) is 18.7 Å². The van der Waals surface area contributed by atoms with Crippen LogP contribution in [-0.2, 0) is 11.2 Å². The molecule has 0 aliphatic carbocycles. The highest BCUT2D eigenvalue weighted by molar-refractivity contribution is 5.98. The molecule has 2 aromatic heterocycles. The molecule has 5 heteroatoms. The normalized spacial score (nSPS) is 11.4. The number of ether oxygens (including phenoxy) is 1. The highest BCUT2D eigenvalue weighted by atomic mass is 16.5. The number of rotatable bonds is 3. The molecule has 0 fully saturated rings. The maximum Gasteiger partial charge on any atom is 0.366 e. The number of methoxy groups -OCH3 is 1. The van der Waals surface area contributed by atoms with Crippen LogP contribution in [0.4, 0.5) is 0 Å².